The van der Waals surface area contributed by atoms with Crippen molar-refractivity contribution in [3.63, 3.8) is 0 Å². The minimum Gasteiger partial charge on any atom is -0.353 e. The minimum atomic E-state index is -0.0183. The van der Waals surface area contributed by atoms with Crippen molar-refractivity contribution in [2.75, 3.05) is 0 Å². The molecule has 0 saturated carbocycles. The lowest BCUT2D eigenvalue weighted by molar-refractivity contribution is -0.123. The van der Waals surface area contributed by atoms with Gasteiger partial charge >= 0.3 is 0 Å². The molecule has 1 aromatic carbocycles. The predicted molar refractivity (Wildman–Crippen MR) is 67.4 cm³/mol. The van der Waals surface area contributed by atoms with Gasteiger partial charge < -0.3 is 5.32 Å². The maximum absolute atomic E-state index is 12.0. The molecule has 2 atom stereocenters. The van der Waals surface area contributed by atoms with Gasteiger partial charge in [-0.1, -0.05) is 44.2 Å². The first-order valence-electron chi connectivity index (χ1n) is 6.04. The van der Waals surface area contributed by atoms with E-state index in [0.29, 0.717) is 0 Å². The average molecular weight is 219 g/mol. The van der Waals surface area contributed by atoms with Crippen molar-refractivity contribution < 1.29 is 4.79 Å². The number of nitrogens with one attached hydrogen (secondary N) is 1. The molecule has 0 heterocycles. The van der Waals surface area contributed by atoms with Gasteiger partial charge in [0.05, 0.1) is 5.92 Å². The highest BCUT2D eigenvalue weighted by Gasteiger charge is 2.19. The number of carbonyl (C=O) groups is 1. The fraction of sp³-hybridized carbons (Fsp3) is 0.500. The van der Waals surface area contributed by atoms with E-state index in [1.807, 2.05) is 44.2 Å². The highest BCUT2D eigenvalue weighted by atomic mass is 16.1. The van der Waals surface area contributed by atoms with Crippen LogP contribution in [-0.4, -0.2) is 11.9 Å². The van der Waals surface area contributed by atoms with Gasteiger partial charge in [-0.15, -0.1) is 0 Å². The third-order valence-corrected chi connectivity index (χ3v) is 2.93. The van der Waals surface area contributed by atoms with Crippen LogP contribution in [0.15, 0.2) is 30.3 Å². The van der Waals surface area contributed by atoms with Crippen LogP contribution in [0.2, 0.25) is 0 Å². The van der Waals surface area contributed by atoms with Crippen molar-refractivity contribution in [1.29, 1.82) is 0 Å². The second kappa shape index (κ2) is 6.31. The third-order valence-electron chi connectivity index (χ3n) is 2.93. The van der Waals surface area contributed by atoms with Crippen LogP contribution >= 0.6 is 0 Å². The van der Waals surface area contributed by atoms with Crippen LogP contribution in [0.25, 0.3) is 0 Å². The van der Waals surface area contributed by atoms with Crippen molar-refractivity contribution >= 4 is 5.91 Å². The molecule has 16 heavy (non-hydrogen) atoms. The zero-order valence-electron chi connectivity index (χ0n) is 10.4. The first kappa shape index (κ1) is 12.8. The molecule has 0 aromatic heterocycles. The van der Waals surface area contributed by atoms with Gasteiger partial charge in [0.25, 0.3) is 0 Å². The van der Waals surface area contributed by atoms with Gasteiger partial charge in [0.2, 0.25) is 5.91 Å². The smallest absolute Gasteiger partial charge is 0.227 e. The summed E-state index contributed by atoms with van der Waals surface area (Å²) in [6.07, 6.45) is 1.81. The number of carbonyl (C=O) groups excluding carboxylic acids is 1. The van der Waals surface area contributed by atoms with Crippen LogP contribution < -0.4 is 5.32 Å². The molecule has 0 bridgehead atoms. The van der Waals surface area contributed by atoms with E-state index in [2.05, 4.69) is 12.2 Å². The Hall–Kier alpha value is -1.31. The van der Waals surface area contributed by atoms with Crippen molar-refractivity contribution in [3.8, 4) is 0 Å². The summed E-state index contributed by atoms with van der Waals surface area (Å²) in [6, 6.07) is 10.2. The topological polar surface area (TPSA) is 29.1 Å². The molecule has 1 aromatic rings. The summed E-state index contributed by atoms with van der Waals surface area (Å²) in [5.74, 6) is 0.123. The summed E-state index contributed by atoms with van der Waals surface area (Å²) in [7, 11) is 0. The molecule has 0 fully saturated rings. The first-order valence-corrected chi connectivity index (χ1v) is 6.04. The van der Waals surface area contributed by atoms with Crippen LogP contribution in [0, 0.1) is 0 Å². The van der Waals surface area contributed by atoms with Gasteiger partial charge in [0.1, 0.15) is 0 Å². The van der Waals surface area contributed by atoms with Crippen molar-refractivity contribution in [3.05, 3.63) is 35.9 Å². The monoisotopic (exact) mass is 219 g/mol. The van der Waals surface area contributed by atoms with E-state index in [1.54, 1.807) is 0 Å². The second-order valence-corrected chi connectivity index (χ2v) is 4.19. The van der Waals surface area contributed by atoms with Crippen LogP contribution in [-0.2, 0) is 4.79 Å². The maximum atomic E-state index is 12.0. The SMILES string of the molecule is CCC(C)NC(=O)C(CC)c1ccccc1. The van der Waals surface area contributed by atoms with Crippen LogP contribution in [0.3, 0.4) is 0 Å². The van der Waals surface area contributed by atoms with E-state index < -0.39 is 0 Å². The van der Waals surface area contributed by atoms with Crippen LogP contribution in [0.4, 0.5) is 0 Å². The Bertz CT molecular complexity index is 321. The van der Waals surface area contributed by atoms with Gasteiger partial charge in [-0.2, -0.15) is 0 Å². The van der Waals surface area contributed by atoms with Gasteiger partial charge in [-0.05, 0) is 25.3 Å². The van der Waals surface area contributed by atoms with Gasteiger partial charge in [0.15, 0.2) is 0 Å². The Kier molecular flexibility index (Phi) is 5.03. The Balaban J connectivity index is 2.71. The van der Waals surface area contributed by atoms with E-state index in [4.69, 9.17) is 0 Å². The Labute approximate surface area is 98.1 Å². The lowest BCUT2D eigenvalue weighted by Gasteiger charge is -2.18. The first-order chi connectivity index (χ1) is 7.69. The molecule has 0 aliphatic heterocycles. The molecule has 2 heteroatoms. The van der Waals surface area contributed by atoms with Crippen molar-refractivity contribution in [1.82, 2.24) is 5.32 Å². The molecule has 0 saturated heterocycles. The summed E-state index contributed by atoms with van der Waals surface area (Å²) in [6.45, 7) is 6.16. The molecule has 1 N–H and O–H groups in total. The van der Waals surface area contributed by atoms with Crippen molar-refractivity contribution in [2.45, 2.75) is 45.6 Å². The largest absolute Gasteiger partial charge is 0.353 e. The van der Waals surface area contributed by atoms with Crippen molar-refractivity contribution in [2.24, 2.45) is 0 Å². The fourth-order valence-electron chi connectivity index (χ4n) is 1.70. The minimum absolute atomic E-state index is 0.0183. The highest BCUT2D eigenvalue weighted by molar-refractivity contribution is 5.83. The lowest BCUT2D eigenvalue weighted by Crippen LogP contribution is -2.35. The summed E-state index contributed by atoms with van der Waals surface area (Å²) in [5.41, 5.74) is 1.10. The van der Waals surface area contributed by atoms with Crippen LogP contribution in [0.5, 0.6) is 0 Å². The van der Waals surface area contributed by atoms with E-state index in [9.17, 15) is 4.79 Å². The number of amides is 1. The number of hydrogen-bond acceptors (Lipinski definition) is 1. The van der Waals surface area contributed by atoms with Crippen LogP contribution in [0.1, 0.15) is 45.1 Å². The lowest BCUT2D eigenvalue weighted by atomic mass is 9.95. The Morgan fingerprint density at radius 3 is 2.31 bits per heavy atom. The average Bonchev–Trinajstić information content (AvgIpc) is 2.31. The predicted octanol–water partition coefficient (Wildman–Crippen LogP) is 3.09. The van der Waals surface area contributed by atoms with Gasteiger partial charge in [-0.3, -0.25) is 4.79 Å². The van der Waals surface area contributed by atoms with E-state index in [1.165, 1.54) is 0 Å². The molecule has 1 amide bonds. The maximum Gasteiger partial charge on any atom is 0.227 e. The molecular formula is C14H21NO. The molecule has 0 aliphatic rings. The number of hydrogen-bond donors (Lipinski definition) is 1. The molecular weight excluding hydrogens is 198 g/mol. The number of benzene rings is 1. The van der Waals surface area contributed by atoms with Gasteiger partial charge in [-0.25, -0.2) is 0 Å². The van der Waals surface area contributed by atoms with Gasteiger partial charge in [0, 0.05) is 6.04 Å². The quantitative estimate of drug-likeness (QED) is 0.810. The standard InChI is InChI=1S/C14H21NO/c1-4-11(3)15-14(16)13(5-2)12-9-7-6-8-10-12/h6-11,13H,4-5H2,1-3H3,(H,15,16). The summed E-state index contributed by atoms with van der Waals surface area (Å²) in [4.78, 5) is 12.0. The molecule has 0 radical (unpaired) electrons. The van der Waals surface area contributed by atoms with E-state index >= 15 is 0 Å². The van der Waals surface area contributed by atoms with E-state index in [-0.39, 0.29) is 17.9 Å². The molecule has 2 nitrogen and oxygen atoms in total. The summed E-state index contributed by atoms with van der Waals surface area (Å²) >= 11 is 0. The Morgan fingerprint density at radius 1 is 1.19 bits per heavy atom. The highest BCUT2D eigenvalue weighted by Crippen LogP contribution is 2.19. The molecule has 0 spiro atoms. The molecule has 0 aliphatic carbocycles. The number of rotatable bonds is 5. The fourth-order valence-corrected chi connectivity index (χ4v) is 1.70. The zero-order chi connectivity index (χ0) is 12.0. The molecule has 2 unspecified atom stereocenters. The summed E-state index contributed by atoms with van der Waals surface area (Å²) in [5, 5.41) is 3.04. The third kappa shape index (κ3) is 3.37. The summed E-state index contributed by atoms with van der Waals surface area (Å²) < 4.78 is 0. The molecule has 88 valence electrons. The Morgan fingerprint density at radius 2 is 1.81 bits per heavy atom. The molecule has 1 rings (SSSR count). The zero-order valence-corrected chi connectivity index (χ0v) is 10.4. The second-order valence-electron chi connectivity index (χ2n) is 4.19. The normalized spacial score (nSPS) is 14.2. The van der Waals surface area contributed by atoms with E-state index in [0.717, 1.165) is 18.4 Å².